The number of amides is 1. The minimum atomic E-state index is -1.47. The number of ether oxygens (including phenoxy) is 1. The van der Waals surface area contributed by atoms with Gasteiger partial charge in [0.25, 0.3) is 0 Å². The van der Waals surface area contributed by atoms with Crippen LogP contribution < -0.4 is 5.32 Å². The van der Waals surface area contributed by atoms with Crippen LogP contribution in [0.25, 0.3) is 11.1 Å². The van der Waals surface area contributed by atoms with Crippen LogP contribution in [0.4, 0.5) is 4.79 Å². The minimum Gasteiger partial charge on any atom is -0.478 e. The number of aliphatic hydroxyl groups is 2. The first-order valence-corrected chi connectivity index (χ1v) is 11.1. The number of nitrogens with zero attached hydrogens (tertiary/aromatic N) is 1. The molecule has 0 fully saturated rings. The molecule has 0 aliphatic heterocycles. The number of carbonyl (C=O) groups excluding carboxylic acids is 1. The molecule has 9 heteroatoms. The number of nitrogens with one attached hydrogen (secondary N) is 1. The fourth-order valence-corrected chi connectivity index (χ4v) is 4.34. The first-order valence-electron chi connectivity index (χ1n) is 10.7. The molecule has 0 radical (unpaired) electrons. The van der Waals surface area contributed by atoms with Crippen LogP contribution >= 0.6 is 11.6 Å². The van der Waals surface area contributed by atoms with Gasteiger partial charge in [0.05, 0.1) is 11.7 Å². The molecule has 8 nitrogen and oxygen atoms in total. The molecule has 1 aromatic heterocycles. The van der Waals surface area contributed by atoms with Gasteiger partial charge in [-0.15, -0.1) is 0 Å². The van der Waals surface area contributed by atoms with E-state index in [-0.39, 0.29) is 41.8 Å². The molecule has 1 aliphatic carbocycles. The fourth-order valence-electron chi connectivity index (χ4n) is 4.13. The Kier molecular flexibility index (Phi) is 7.12. The lowest BCUT2D eigenvalue weighted by atomic mass is 9.98. The molecule has 1 aliphatic rings. The number of rotatable bonds is 8. The lowest BCUT2D eigenvalue weighted by Crippen LogP contribution is -2.30. The Balaban J connectivity index is 1.30. The first kappa shape index (κ1) is 23.7. The largest absolute Gasteiger partial charge is 0.478 e. The van der Waals surface area contributed by atoms with Crippen molar-refractivity contribution < 1.29 is 29.6 Å². The van der Waals surface area contributed by atoms with Gasteiger partial charge in [-0.1, -0.05) is 60.1 Å². The van der Waals surface area contributed by atoms with Gasteiger partial charge in [0.1, 0.15) is 17.9 Å². The van der Waals surface area contributed by atoms with Gasteiger partial charge in [0.15, 0.2) is 0 Å². The van der Waals surface area contributed by atoms with E-state index in [1.807, 2.05) is 36.4 Å². The highest BCUT2D eigenvalue weighted by atomic mass is 35.5. The molecule has 176 valence electrons. The number of benzene rings is 2. The predicted molar refractivity (Wildman–Crippen MR) is 125 cm³/mol. The second-order valence-corrected chi connectivity index (χ2v) is 8.32. The van der Waals surface area contributed by atoms with E-state index in [9.17, 15) is 19.8 Å². The van der Waals surface area contributed by atoms with E-state index < -0.39 is 24.3 Å². The molecule has 4 N–H and O–H groups in total. The maximum Gasteiger partial charge on any atom is 0.407 e. The van der Waals surface area contributed by atoms with Gasteiger partial charge in [-0.05, 0) is 34.7 Å². The molecule has 2 aromatic carbocycles. The van der Waals surface area contributed by atoms with Gasteiger partial charge in [0, 0.05) is 24.2 Å². The summed E-state index contributed by atoms with van der Waals surface area (Å²) in [4.78, 5) is 27.1. The van der Waals surface area contributed by atoms with E-state index in [0.717, 1.165) is 34.5 Å². The van der Waals surface area contributed by atoms with E-state index in [1.54, 1.807) is 0 Å². The molecule has 3 aromatic rings. The molecule has 1 heterocycles. The number of carboxylic acid groups (broad SMARTS) is 1. The zero-order valence-corrected chi connectivity index (χ0v) is 18.8. The van der Waals surface area contributed by atoms with E-state index in [0.29, 0.717) is 0 Å². The fraction of sp³-hybridized carbons (Fsp3) is 0.240. The van der Waals surface area contributed by atoms with Crippen molar-refractivity contribution in [2.75, 3.05) is 13.2 Å². The van der Waals surface area contributed by atoms with Crippen LogP contribution in [0.15, 0.2) is 60.8 Å². The number of aromatic nitrogens is 1. The lowest BCUT2D eigenvalue weighted by Gasteiger charge is -2.19. The van der Waals surface area contributed by atoms with Crippen molar-refractivity contribution in [3.63, 3.8) is 0 Å². The van der Waals surface area contributed by atoms with Gasteiger partial charge in [-0.25, -0.2) is 14.6 Å². The third-order valence-corrected chi connectivity index (χ3v) is 6.17. The summed E-state index contributed by atoms with van der Waals surface area (Å²) >= 11 is 5.93. The third-order valence-electron chi connectivity index (χ3n) is 5.85. The van der Waals surface area contributed by atoms with Gasteiger partial charge in [-0.2, -0.15) is 0 Å². The average molecular weight is 483 g/mol. The topological polar surface area (TPSA) is 129 Å². The number of carboxylic acids is 1. The van der Waals surface area contributed by atoms with E-state index in [4.69, 9.17) is 21.4 Å². The Morgan fingerprint density at radius 2 is 1.68 bits per heavy atom. The molecule has 0 saturated carbocycles. The highest BCUT2D eigenvalue weighted by molar-refractivity contribution is 6.30. The van der Waals surface area contributed by atoms with Crippen LogP contribution in [-0.4, -0.2) is 51.6 Å². The Bertz CT molecular complexity index is 1170. The van der Waals surface area contributed by atoms with Crippen molar-refractivity contribution in [2.24, 2.45) is 0 Å². The Labute approximate surface area is 200 Å². The van der Waals surface area contributed by atoms with E-state index >= 15 is 0 Å². The van der Waals surface area contributed by atoms with Crippen LogP contribution in [0.5, 0.6) is 0 Å². The summed E-state index contributed by atoms with van der Waals surface area (Å²) in [6.45, 7) is 0.187. The molecular formula is C25H23ClN2O6. The standard InChI is InChI=1S/C25H23ClN2O6/c26-23-19(11-14(12-28-23)24(31)32)22(30)21(29)9-10-27-25(33)34-13-20-17-7-3-1-5-15(17)16-6-2-4-8-18(16)20/h1-8,11-12,20-22,29-30H,9-10,13H2,(H,27,33)(H,31,32). The van der Waals surface area contributed by atoms with Crippen molar-refractivity contribution in [2.45, 2.75) is 24.5 Å². The summed E-state index contributed by atoms with van der Waals surface area (Å²) in [5.41, 5.74) is 4.29. The summed E-state index contributed by atoms with van der Waals surface area (Å²) in [6.07, 6.45) is -2.37. The maximum absolute atomic E-state index is 12.2. The normalized spacial score (nSPS) is 14.1. The molecule has 34 heavy (non-hydrogen) atoms. The number of aliphatic hydroxyl groups excluding tert-OH is 2. The number of carbonyl (C=O) groups is 2. The molecule has 0 bridgehead atoms. The van der Waals surface area contributed by atoms with E-state index in [1.165, 1.54) is 0 Å². The maximum atomic E-state index is 12.2. The number of halogens is 1. The zero-order valence-electron chi connectivity index (χ0n) is 18.0. The molecule has 2 atom stereocenters. The highest BCUT2D eigenvalue weighted by Crippen LogP contribution is 2.44. The monoisotopic (exact) mass is 482 g/mol. The van der Waals surface area contributed by atoms with Crippen LogP contribution in [-0.2, 0) is 4.74 Å². The smallest absolute Gasteiger partial charge is 0.407 e. The molecule has 0 saturated heterocycles. The van der Waals surface area contributed by atoms with Crippen LogP contribution in [0.2, 0.25) is 5.15 Å². The summed E-state index contributed by atoms with van der Waals surface area (Å²) in [5, 5.41) is 32.2. The van der Waals surface area contributed by atoms with Gasteiger partial charge >= 0.3 is 12.1 Å². The van der Waals surface area contributed by atoms with Crippen LogP contribution in [0.1, 0.15) is 45.5 Å². The Morgan fingerprint density at radius 1 is 1.06 bits per heavy atom. The van der Waals surface area contributed by atoms with Crippen molar-refractivity contribution >= 4 is 23.7 Å². The van der Waals surface area contributed by atoms with Crippen LogP contribution in [0, 0.1) is 0 Å². The number of hydrogen-bond donors (Lipinski definition) is 4. The second-order valence-electron chi connectivity index (χ2n) is 7.96. The number of hydrogen-bond acceptors (Lipinski definition) is 6. The van der Waals surface area contributed by atoms with Crippen molar-refractivity contribution in [3.05, 3.63) is 88.2 Å². The Morgan fingerprint density at radius 3 is 2.29 bits per heavy atom. The number of aromatic carboxylic acids is 1. The summed E-state index contributed by atoms with van der Waals surface area (Å²) < 4.78 is 5.44. The average Bonchev–Trinajstić information content (AvgIpc) is 3.16. The summed E-state index contributed by atoms with van der Waals surface area (Å²) in [6, 6.07) is 17.2. The predicted octanol–water partition coefficient (Wildman–Crippen LogP) is 3.76. The highest BCUT2D eigenvalue weighted by Gasteiger charge is 2.29. The van der Waals surface area contributed by atoms with Crippen molar-refractivity contribution in [1.29, 1.82) is 0 Å². The van der Waals surface area contributed by atoms with Gasteiger partial charge < -0.3 is 25.4 Å². The van der Waals surface area contributed by atoms with Crippen molar-refractivity contribution in [3.8, 4) is 11.1 Å². The number of pyridine rings is 1. The first-order chi connectivity index (χ1) is 16.4. The molecule has 4 rings (SSSR count). The summed E-state index contributed by atoms with van der Waals surface area (Å²) in [5.74, 6) is -1.30. The Hall–Kier alpha value is -3.46. The molecule has 2 unspecified atom stereocenters. The second kappa shape index (κ2) is 10.2. The lowest BCUT2D eigenvalue weighted by molar-refractivity contribution is 0.0134. The van der Waals surface area contributed by atoms with E-state index in [2.05, 4.69) is 22.4 Å². The third kappa shape index (κ3) is 4.89. The quantitative estimate of drug-likeness (QED) is 0.360. The molecule has 0 spiro atoms. The SMILES string of the molecule is O=C(NCCC(O)C(O)c1cc(C(=O)O)cnc1Cl)OCC1c2ccccc2-c2ccccc21. The molecular weight excluding hydrogens is 460 g/mol. The van der Waals surface area contributed by atoms with Gasteiger partial charge in [0.2, 0.25) is 0 Å². The van der Waals surface area contributed by atoms with Gasteiger partial charge in [-0.3, -0.25) is 0 Å². The molecule has 1 amide bonds. The summed E-state index contributed by atoms with van der Waals surface area (Å²) in [7, 11) is 0. The zero-order chi connectivity index (χ0) is 24.2. The minimum absolute atomic E-state index is 0.00444. The van der Waals surface area contributed by atoms with Crippen LogP contribution in [0.3, 0.4) is 0 Å². The number of alkyl carbamates (subject to hydrolysis) is 1. The number of fused-ring (bicyclic) bond motifs is 3. The van der Waals surface area contributed by atoms with Crippen molar-refractivity contribution in [1.82, 2.24) is 10.3 Å².